The second kappa shape index (κ2) is 6.27. The van der Waals surface area contributed by atoms with Crippen molar-refractivity contribution in [2.75, 3.05) is 26.8 Å². The molecule has 1 saturated heterocycles. The molecule has 1 aromatic carbocycles. The smallest absolute Gasteiger partial charge is 0.127 e. The van der Waals surface area contributed by atoms with E-state index in [9.17, 15) is 4.39 Å². The Hall–Kier alpha value is -0.970. The molecule has 1 aliphatic heterocycles. The first-order valence-corrected chi connectivity index (χ1v) is 6.44. The first-order chi connectivity index (χ1) is 8.72. The van der Waals surface area contributed by atoms with E-state index in [0.717, 1.165) is 25.2 Å². The standard InChI is InChI=1S/C14H21FN2O/c1-17(9-11-4-2-3-5-13(11)15)14(8-16)12-6-7-18-10-12/h2-5,12,14H,6-10,16H2,1H3. The Bertz CT molecular complexity index is 380. The zero-order chi connectivity index (χ0) is 13.0. The fourth-order valence-corrected chi connectivity index (χ4v) is 2.60. The number of likely N-dealkylation sites (N-methyl/N-ethyl adjacent to an activating group) is 1. The van der Waals surface area contributed by atoms with Gasteiger partial charge in [-0.2, -0.15) is 0 Å². The molecule has 0 aliphatic carbocycles. The predicted molar refractivity (Wildman–Crippen MR) is 69.6 cm³/mol. The van der Waals surface area contributed by atoms with Crippen molar-refractivity contribution < 1.29 is 9.13 Å². The van der Waals surface area contributed by atoms with Crippen LogP contribution in [0.25, 0.3) is 0 Å². The third-order valence-corrected chi connectivity index (χ3v) is 3.69. The largest absolute Gasteiger partial charge is 0.381 e. The summed E-state index contributed by atoms with van der Waals surface area (Å²) in [6, 6.07) is 7.16. The van der Waals surface area contributed by atoms with Crippen molar-refractivity contribution >= 4 is 0 Å². The topological polar surface area (TPSA) is 38.5 Å². The summed E-state index contributed by atoms with van der Waals surface area (Å²) in [5.74, 6) is 0.314. The molecule has 2 N–H and O–H groups in total. The third-order valence-electron chi connectivity index (χ3n) is 3.69. The molecule has 4 heteroatoms. The van der Waals surface area contributed by atoms with Crippen molar-refractivity contribution in [1.29, 1.82) is 0 Å². The molecule has 0 radical (unpaired) electrons. The minimum Gasteiger partial charge on any atom is -0.381 e. The fraction of sp³-hybridized carbons (Fsp3) is 0.571. The van der Waals surface area contributed by atoms with Gasteiger partial charge in [0.1, 0.15) is 5.82 Å². The number of nitrogens with zero attached hydrogens (tertiary/aromatic N) is 1. The van der Waals surface area contributed by atoms with Crippen molar-refractivity contribution in [3.05, 3.63) is 35.6 Å². The lowest BCUT2D eigenvalue weighted by Gasteiger charge is -2.31. The summed E-state index contributed by atoms with van der Waals surface area (Å²) in [5.41, 5.74) is 6.57. The van der Waals surface area contributed by atoms with Gasteiger partial charge in [0.2, 0.25) is 0 Å². The van der Waals surface area contributed by atoms with Gasteiger partial charge in [-0.15, -0.1) is 0 Å². The van der Waals surface area contributed by atoms with Crippen LogP contribution in [0, 0.1) is 11.7 Å². The van der Waals surface area contributed by atoms with E-state index in [1.165, 1.54) is 6.07 Å². The van der Waals surface area contributed by atoms with Gasteiger partial charge in [-0.1, -0.05) is 18.2 Å². The Morgan fingerprint density at radius 3 is 2.89 bits per heavy atom. The molecule has 2 rings (SSSR count). The average Bonchev–Trinajstić information content (AvgIpc) is 2.87. The molecule has 1 heterocycles. The van der Waals surface area contributed by atoms with Crippen LogP contribution in [0.1, 0.15) is 12.0 Å². The van der Waals surface area contributed by atoms with Crippen molar-refractivity contribution in [3.63, 3.8) is 0 Å². The van der Waals surface area contributed by atoms with E-state index in [2.05, 4.69) is 4.90 Å². The molecule has 3 nitrogen and oxygen atoms in total. The van der Waals surface area contributed by atoms with Crippen LogP contribution in [0.15, 0.2) is 24.3 Å². The Kier molecular flexibility index (Phi) is 4.69. The lowest BCUT2D eigenvalue weighted by Crippen LogP contribution is -2.43. The zero-order valence-corrected chi connectivity index (χ0v) is 10.8. The molecular weight excluding hydrogens is 231 g/mol. The fourth-order valence-electron chi connectivity index (χ4n) is 2.60. The number of hydrogen-bond acceptors (Lipinski definition) is 3. The molecule has 0 amide bonds. The van der Waals surface area contributed by atoms with Gasteiger partial charge < -0.3 is 10.5 Å². The van der Waals surface area contributed by atoms with E-state index >= 15 is 0 Å². The lowest BCUT2D eigenvalue weighted by atomic mass is 9.97. The van der Waals surface area contributed by atoms with E-state index in [0.29, 0.717) is 19.0 Å². The van der Waals surface area contributed by atoms with Crippen LogP contribution in [0.4, 0.5) is 4.39 Å². The summed E-state index contributed by atoms with van der Waals surface area (Å²) in [7, 11) is 2.00. The summed E-state index contributed by atoms with van der Waals surface area (Å²) in [6.45, 7) is 2.75. The van der Waals surface area contributed by atoms with Crippen molar-refractivity contribution in [2.24, 2.45) is 11.7 Å². The Labute approximate surface area is 108 Å². The number of ether oxygens (including phenoxy) is 1. The minimum absolute atomic E-state index is 0.150. The maximum atomic E-state index is 13.6. The Morgan fingerprint density at radius 1 is 1.50 bits per heavy atom. The van der Waals surface area contributed by atoms with Gasteiger partial charge in [0, 0.05) is 37.2 Å². The predicted octanol–water partition coefficient (Wildman–Crippen LogP) is 1.62. The minimum atomic E-state index is -0.150. The molecule has 100 valence electrons. The molecule has 2 unspecified atom stereocenters. The van der Waals surface area contributed by atoms with E-state index in [4.69, 9.17) is 10.5 Å². The number of hydrogen-bond donors (Lipinski definition) is 1. The Balaban J connectivity index is 2.01. The highest BCUT2D eigenvalue weighted by Crippen LogP contribution is 2.21. The van der Waals surface area contributed by atoms with Gasteiger partial charge in [-0.05, 0) is 19.5 Å². The van der Waals surface area contributed by atoms with Gasteiger partial charge >= 0.3 is 0 Å². The number of halogens is 1. The molecule has 0 spiro atoms. The highest BCUT2D eigenvalue weighted by atomic mass is 19.1. The lowest BCUT2D eigenvalue weighted by molar-refractivity contribution is 0.136. The van der Waals surface area contributed by atoms with Crippen LogP contribution in [-0.4, -0.2) is 37.7 Å². The highest BCUT2D eigenvalue weighted by molar-refractivity contribution is 5.17. The van der Waals surface area contributed by atoms with Gasteiger partial charge in [-0.25, -0.2) is 4.39 Å². The van der Waals surface area contributed by atoms with Crippen LogP contribution in [0.2, 0.25) is 0 Å². The first kappa shape index (κ1) is 13.5. The molecular formula is C14H21FN2O. The molecule has 18 heavy (non-hydrogen) atoms. The Morgan fingerprint density at radius 2 is 2.28 bits per heavy atom. The van der Waals surface area contributed by atoms with E-state index in [1.54, 1.807) is 6.07 Å². The summed E-state index contributed by atoms with van der Waals surface area (Å²) < 4.78 is 19.0. The van der Waals surface area contributed by atoms with Crippen LogP contribution in [0.5, 0.6) is 0 Å². The maximum absolute atomic E-state index is 13.6. The molecule has 0 bridgehead atoms. The number of nitrogens with two attached hydrogens (primary N) is 1. The van der Waals surface area contributed by atoms with Crippen LogP contribution >= 0.6 is 0 Å². The molecule has 1 fully saturated rings. The summed E-state index contributed by atoms with van der Waals surface area (Å²) in [6.07, 6.45) is 1.05. The van der Waals surface area contributed by atoms with Crippen molar-refractivity contribution in [2.45, 2.75) is 19.0 Å². The van der Waals surface area contributed by atoms with Gasteiger partial charge in [-0.3, -0.25) is 4.90 Å². The van der Waals surface area contributed by atoms with Crippen molar-refractivity contribution in [1.82, 2.24) is 4.90 Å². The number of benzene rings is 1. The van der Waals surface area contributed by atoms with E-state index in [-0.39, 0.29) is 11.9 Å². The van der Waals surface area contributed by atoms with E-state index in [1.807, 2.05) is 19.2 Å². The highest BCUT2D eigenvalue weighted by Gasteiger charge is 2.27. The summed E-state index contributed by atoms with van der Waals surface area (Å²) in [5, 5.41) is 0. The molecule has 2 atom stereocenters. The monoisotopic (exact) mass is 252 g/mol. The summed E-state index contributed by atoms with van der Waals surface area (Å²) in [4.78, 5) is 2.14. The second-order valence-corrected chi connectivity index (χ2v) is 4.93. The van der Waals surface area contributed by atoms with Gasteiger partial charge in [0.25, 0.3) is 0 Å². The molecule has 0 saturated carbocycles. The van der Waals surface area contributed by atoms with Crippen LogP contribution in [-0.2, 0) is 11.3 Å². The SMILES string of the molecule is CN(Cc1ccccc1F)C(CN)C1CCOC1. The third kappa shape index (κ3) is 3.07. The molecule has 0 aromatic heterocycles. The second-order valence-electron chi connectivity index (χ2n) is 4.93. The van der Waals surface area contributed by atoms with Crippen LogP contribution < -0.4 is 5.73 Å². The quantitative estimate of drug-likeness (QED) is 0.865. The maximum Gasteiger partial charge on any atom is 0.127 e. The van der Waals surface area contributed by atoms with Crippen molar-refractivity contribution in [3.8, 4) is 0 Å². The van der Waals surface area contributed by atoms with Crippen LogP contribution in [0.3, 0.4) is 0 Å². The molecule has 1 aromatic rings. The number of rotatable bonds is 5. The first-order valence-electron chi connectivity index (χ1n) is 6.44. The zero-order valence-electron chi connectivity index (χ0n) is 10.8. The summed E-state index contributed by atoms with van der Waals surface area (Å²) >= 11 is 0. The van der Waals surface area contributed by atoms with E-state index < -0.39 is 0 Å². The average molecular weight is 252 g/mol. The molecule has 1 aliphatic rings. The van der Waals surface area contributed by atoms with Gasteiger partial charge in [0.15, 0.2) is 0 Å². The normalized spacial score (nSPS) is 21.4. The van der Waals surface area contributed by atoms with Gasteiger partial charge in [0.05, 0.1) is 6.61 Å².